The highest BCUT2D eigenvalue weighted by Gasteiger charge is 2.16. The van der Waals surface area contributed by atoms with Crippen molar-refractivity contribution in [1.29, 1.82) is 0 Å². The van der Waals surface area contributed by atoms with Gasteiger partial charge in [-0.3, -0.25) is 4.90 Å². The summed E-state index contributed by atoms with van der Waals surface area (Å²) in [6.45, 7) is 5.29. The summed E-state index contributed by atoms with van der Waals surface area (Å²) in [5, 5.41) is 0.816. The van der Waals surface area contributed by atoms with Crippen molar-refractivity contribution in [3.8, 4) is 0 Å². The first-order valence-electron chi connectivity index (χ1n) is 5.88. The van der Waals surface area contributed by atoms with Gasteiger partial charge in [-0.1, -0.05) is 17.7 Å². The fraction of sp³-hybridized carbons (Fsp3) is 0.538. The number of hydrogen-bond acceptors (Lipinski definition) is 2. The first-order chi connectivity index (χ1) is 7.65. The monoisotopic (exact) mass is 238 g/mol. The molecule has 1 fully saturated rings. The standard InChI is InChI=1S/C13H19ClN2/c1-10-7-12(14)5-4-11(10)8-16-6-2-3-13(15)9-16/h4-5,7,13H,2-3,6,8-9,15H2,1H3. The molecule has 2 rings (SSSR count). The molecule has 0 radical (unpaired) electrons. The van der Waals surface area contributed by atoms with Crippen molar-refractivity contribution >= 4 is 11.6 Å². The number of rotatable bonds is 2. The van der Waals surface area contributed by atoms with Gasteiger partial charge < -0.3 is 5.73 Å². The molecule has 1 atom stereocenters. The van der Waals surface area contributed by atoms with Gasteiger partial charge in [0.25, 0.3) is 0 Å². The third-order valence-corrected chi connectivity index (χ3v) is 3.48. The molecule has 1 heterocycles. The van der Waals surface area contributed by atoms with Crippen molar-refractivity contribution in [3.63, 3.8) is 0 Å². The van der Waals surface area contributed by atoms with E-state index in [1.165, 1.54) is 17.5 Å². The molecule has 1 aliphatic heterocycles. The molecule has 1 aromatic carbocycles. The number of aryl methyl sites for hydroxylation is 1. The highest BCUT2D eigenvalue weighted by Crippen LogP contribution is 2.18. The average Bonchev–Trinajstić information content (AvgIpc) is 2.22. The highest BCUT2D eigenvalue weighted by molar-refractivity contribution is 6.30. The highest BCUT2D eigenvalue weighted by atomic mass is 35.5. The van der Waals surface area contributed by atoms with E-state index in [9.17, 15) is 0 Å². The van der Waals surface area contributed by atoms with Gasteiger partial charge in [0.05, 0.1) is 0 Å². The largest absolute Gasteiger partial charge is 0.327 e. The second-order valence-corrected chi connectivity index (χ2v) is 5.14. The number of likely N-dealkylation sites (tertiary alicyclic amines) is 1. The van der Waals surface area contributed by atoms with Crippen LogP contribution in [-0.4, -0.2) is 24.0 Å². The molecule has 2 N–H and O–H groups in total. The van der Waals surface area contributed by atoms with Gasteiger partial charge in [0, 0.05) is 24.2 Å². The number of hydrogen-bond donors (Lipinski definition) is 1. The Labute approximate surface area is 102 Å². The molecule has 1 aromatic rings. The lowest BCUT2D eigenvalue weighted by Crippen LogP contribution is -2.42. The van der Waals surface area contributed by atoms with Crippen molar-refractivity contribution in [2.24, 2.45) is 5.73 Å². The summed E-state index contributed by atoms with van der Waals surface area (Å²) < 4.78 is 0. The molecule has 0 spiro atoms. The lowest BCUT2D eigenvalue weighted by molar-refractivity contribution is 0.201. The van der Waals surface area contributed by atoms with Gasteiger partial charge in [-0.15, -0.1) is 0 Å². The van der Waals surface area contributed by atoms with Gasteiger partial charge in [-0.25, -0.2) is 0 Å². The zero-order chi connectivity index (χ0) is 11.5. The molecule has 0 saturated carbocycles. The Morgan fingerprint density at radius 3 is 3.00 bits per heavy atom. The van der Waals surface area contributed by atoms with Gasteiger partial charge in [-0.05, 0) is 49.6 Å². The van der Waals surface area contributed by atoms with E-state index in [1.54, 1.807) is 0 Å². The molecule has 1 saturated heterocycles. The minimum absolute atomic E-state index is 0.348. The van der Waals surface area contributed by atoms with Crippen molar-refractivity contribution in [2.45, 2.75) is 32.4 Å². The van der Waals surface area contributed by atoms with Gasteiger partial charge in [0.2, 0.25) is 0 Å². The fourth-order valence-corrected chi connectivity index (χ4v) is 2.54. The molecule has 0 bridgehead atoms. The Morgan fingerprint density at radius 2 is 2.31 bits per heavy atom. The summed E-state index contributed by atoms with van der Waals surface area (Å²) in [6.07, 6.45) is 2.38. The van der Waals surface area contributed by atoms with Crippen LogP contribution in [-0.2, 0) is 6.54 Å². The summed E-state index contributed by atoms with van der Waals surface area (Å²) >= 11 is 5.95. The number of nitrogens with two attached hydrogens (primary N) is 1. The first-order valence-corrected chi connectivity index (χ1v) is 6.26. The number of benzene rings is 1. The van der Waals surface area contributed by atoms with Crippen molar-refractivity contribution in [3.05, 3.63) is 34.3 Å². The third-order valence-electron chi connectivity index (χ3n) is 3.24. The lowest BCUT2D eigenvalue weighted by Gasteiger charge is -2.31. The van der Waals surface area contributed by atoms with E-state index in [4.69, 9.17) is 17.3 Å². The molecule has 0 amide bonds. The summed E-state index contributed by atoms with van der Waals surface area (Å²) in [6, 6.07) is 6.47. The normalized spacial score (nSPS) is 22.3. The minimum Gasteiger partial charge on any atom is -0.327 e. The lowest BCUT2D eigenvalue weighted by atomic mass is 10.0. The van der Waals surface area contributed by atoms with E-state index in [-0.39, 0.29) is 0 Å². The van der Waals surface area contributed by atoms with Crippen molar-refractivity contribution < 1.29 is 0 Å². The van der Waals surface area contributed by atoms with E-state index in [0.717, 1.165) is 31.1 Å². The van der Waals surface area contributed by atoms with Crippen LogP contribution in [0.4, 0.5) is 0 Å². The maximum atomic E-state index is 5.98. The van der Waals surface area contributed by atoms with Crippen LogP contribution in [0.25, 0.3) is 0 Å². The first kappa shape index (κ1) is 11.9. The molecule has 88 valence electrons. The topological polar surface area (TPSA) is 29.3 Å². The molecule has 1 aliphatic rings. The number of piperidine rings is 1. The molecule has 16 heavy (non-hydrogen) atoms. The van der Waals surface area contributed by atoms with Crippen LogP contribution in [0.1, 0.15) is 24.0 Å². The molecule has 0 aliphatic carbocycles. The Hall–Kier alpha value is -0.570. The Morgan fingerprint density at radius 1 is 1.50 bits per heavy atom. The van der Waals surface area contributed by atoms with Crippen LogP contribution < -0.4 is 5.73 Å². The Balaban J connectivity index is 2.02. The van der Waals surface area contributed by atoms with Crippen molar-refractivity contribution in [2.75, 3.05) is 13.1 Å². The Kier molecular flexibility index (Phi) is 3.85. The summed E-state index contributed by atoms with van der Waals surface area (Å²) in [7, 11) is 0. The van der Waals surface area contributed by atoms with Crippen LogP contribution in [0.15, 0.2) is 18.2 Å². The Bertz CT molecular complexity index is 365. The number of halogens is 1. The van der Waals surface area contributed by atoms with E-state index in [1.807, 2.05) is 12.1 Å². The number of nitrogens with zero attached hydrogens (tertiary/aromatic N) is 1. The van der Waals surface area contributed by atoms with Gasteiger partial charge >= 0.3 is 0 Å². The quantitative estimate of drug-likeness (QED) is 0.858. The van der Waals surface area contributed by atoms with Crippen LogP contribution >= 0.6 is 11.6 Å². The molecular formula is C13H19ClN2. The molecule has 0 aromatic heterocycles. The second kappa shape index (κ2) is 5.17. The van der Waals surface area contributed by atoms with Gasteiger partial charge in [0.15, 0.2) is 0 Å². The van der Waals surface area contributed by atoms with Crippen LogP contribution in [0.2, 0.25) is 5.02 Å². The third kappa shape index (κ3) is 2.97. The molecule has 2 nitrogen and oxygen atoms in total. The zero-order valence-electron chi connectivity index (χ0n) is 9.75. The fourth-order valence-electron chi connectivity index (χ4n) is 2.31. The van der Waals surface area contributed by atoms with E-state index >= 15 is 0 Å². The van der Waals surface area contributed by atoms with E-state index in [2.05, 4.69) is 17.9 Å². The molecule has 3 heteroatoms. The SMILES string of the molecule is Cc1cc(Cl)ccc1CN1CCCC(N)C1. The summed E-state index contributed by atoms with van der Waals surface area (Å²) in [5.41, 5.74) is 8.61. The summed E-state index contributed by atoms with van der Waals surface area (Å²) in [5.74, 6) is 0. The minimum atomic E-state index is 0.348. The van der Waals surface area contributed by atoms with Crippen LogP contribution in [0, 0.1) is 6.92 Å². The second-order valence-electron chi connectivity index (χ2n) is 4.71. The zero-order valence-corrected chi connectivity index (χ0v) is 10.5. The van der Waals surface area contributed by atoms with Crippen molar-refractivity contribution in [1.82, 2.24) is 4.90 Å². The maximum absolute atomic E-state index is 5.98. The van der Waals surface area contributed by atoms with Crippen LogP contribution in [0.3, 0.4) is 0 Å². The predicted octanol–water partition coefficient (Wildman–Crippen LogP) is 2.57. The average molecular weight is 239 g/mol. The van der Waals surface area contributed by atoms with Crippen LogP contribution in [0.5, 0.6) is 0 Å². The summed E-state index contributed by atoms with van der Waals surface area (Å²) in [4.78, 5) is 2.43. The van der Waals surface area contributed by atoms with Gasteiger partial charge in [-0.2, -0.15) is 0 Å². The molecule has 1 unspecified atom stereocenters. The maximum Gasteiger partial charge on any atom is 0.0408 e. The van der Waals surface area contributed by atoms with Gasteiger partial charge in [0.1, 0.15) is 0 Å². The smallest absolute Gasteiger partial charge is 0.0408 e. The van der Waals surface area contributed by atoms with E-state index in [0.29, 0.717) is 6.04 Å². The van der Waals surface area contributed by atoms with E-state index < -0.39 is 0 Å². The predicted molar refractivity (Wildman–Crippen MR) is 68.7 cm³/mol. The molecular weight excluding hydrogens is 220 g/mol.